The molecule has 0 fully saturated rings. The highest BCUT2D eigenvalue weighted by Crippen LogP contribution is 2.39. The molecular formula is C11H10ClF4NO3S. The molecule has 1 aliphatic heterocycles. The van der Waals surface area contributed by atoms with E-state index in [4.69, 9.17) is 24.6 Å². The molecule has 0 saturated carbocycles. The maximum absolute atomic E-state index is 12.6. The van der Waals surface area contributed by atoms with Crippen LogP contribution in [0.5, 0.6) is 0 Å². The molecule has 1 aliphatic rings. The Labute approximate surface area is 123 Å². The van der Waals surface area contributed by atoms with Crippen LogP contribution < -0.4 is 4.90 Å². The minimum Gasteiger partial charge on any atom is -0.370 e. The number of hydrogen-bond donors (Lipinski definition) is 1. The Bertz CT molecular complexity index is 650. The Kier molecular flexibility index (Phi) is 5.24. The molecule has 1 heterocycles. The third-order valence-electron chi connectivity index (χ3n) is 2.51. The van der Waals surface area contributed by atoms with Crippen LogP contribution in [0.1, 0.15) is 11.1 Å². The molecular weight excluding hydrogens is 338 g/mol. The molecule has 0 unspecified atom stereocenters. The average molecular weight is 348 g/mol. The molecule has 2 rings (SSSR count). The van der Waals surface area contributed by atoms with E-state index in [-0.39, 0.29) is 5.02 Å². The zero-order valence-electron chi connectivity index (χ0n) is 10.5. The SMILES string of the molecule is CN1CC=Cc2cc(Cl)c(C(F)(F)F)cc21.O=S(=O)(O)F. The second-order valence-corrected chi connectivity index (χ2v) is 5.32. The number of fused-ring (bicyclic) bond motifs is 1. The first-order valence-corrected chi connectivity index (χ1v) is 7.07. The fourth-order valence-electron chi connectivity index (χ4n) is 1.69. The van der Waals surface area contributed by atoms with Gasteiger partial charge in [0.1, 0.15) is 0 Å². The van der Waals surface area contributed by atoms with Gasteiger partial charge in [0.25, 0.3) is 0 Å². The normalized spacial score (nSPS) is 14.3. The van der Waals surface area contributed by atoms with Crippen LogP contribution in [0.15, 0.2) is 18.2 Å². The molecule has 21 heavy (non-hydrogen) atoms. The van der Waals surface area contributed by atoms with Crippen molar-refractivity contribution in [1.29, 1.82) is 0 Å². The number of anilines is 1. The Morgan fingerprint density at radius 2 is 1.86 bits per heavy atom. The summed E-state index contributed by atoms with van der Waals surface area (Å²) in [6, 6.07) is 2.45. The van der Waals surface area contributed by atoms with Gasteiger partial charge in [-0.15, -0.1) is 0 Å². The van der Waals surface area contributed by atoms with E-state index in [1.165, 1.54) is 6.07 Å². The minimum atomic E-state index is -5.17. The van der Waals surface area contributed by atoms with Crippen molar-refractivity contribution in [2.75, 3.05) is 18.5 Å². The van der Waals surface area contributed by atoms with Crippen molar-refractivity contribution in [1.82, 2.24) is 0 Å². The van der Waals surface area contributed by atoms with Crippen LogP contribution in [-0.4, -0.2) is 26.6 Å². The van der Waals surface area contributed by atoms with Crippen molar-refractivity contribution in [3.63, 3.8) is 0 Å². The lowest BCUT2D eigenvalue weighted by atomic mass is 10.0. The molecule has 10 heteroatoms. The van der Waals surface area contributed by atoms with Crippen molar-refractivity contribution in [2.45, 2.75) is 6.18 Å². The highest BCUT2D eigenvalue weighted by Gasteiger charge is 2.34. The highest BCUT2D eigenvalue weighted by molar-refractivity contribution is 7.80. The quantitative estimate of drug-likeness (QED) is 0.443. The van der Waals surface area contributed by atoms with Crippen LogP contribution in [-0.2, 0) is 16.7 Å². The van der Waals surface area contributed by atoms with Gasteiger partial charge in [0, 0.05) is 19.3 Å². The maximum atomic E-state index is 12.6. The number of alkyl halides is 3. The van der Waals surface area contributed by atoms with Gasteiger partial charge in [-0.3, -0.25) is 4.55 Å². The summed E-state index contributed by atoms with van der Waals surface area (Å²) in [7, 11) is -3.42. The van der Waals surface area contributed by atoms with Crippen molar-refractivity contribution in [3.8, 4) is 0 Å². The van der Waals surface area contributed by atoms with Crippen LogP contribution in [0.2, 0.25) is 5.02 Å². The smallest absolute Gasteiger partial charge is 0.370 e. The first-order chi connectivity index (χ1) is 9.39. The lowest BCUT2D eigenvalue weighted by molar-refractivity contribution is -0.137. The van der Waals surface area contributed by atoms with Gasteiger partial charge in [-0.1, -0.05) is 27.6 Å². The Morgan fingerprint density at radius 3 is 2.33 bits per heavy atom. The second-order valence-electron chi connectivity index (χ2n) is 4.08. The van der Waals surface area contributed by atoms with Crippen molar-refractivity contribution < 1.29 is 30.0 Å². The molecule has 0 saturated heterocycles. The third kappa shape index (κ3) is 5.52. The van der Waals surface area contributed by atoms with Crippen LogP contribution in [0.4, 0.5) is 22.7 Å². The molecule has 0 spiro atoms. The van der Waals surface area contributed by atoms with Gasteiger partial charge in [-0.25, -0.2) is 0 Å². The van der Waals surface area contributed by atoms with E-state index in [0.717, 1.165) is 6.07 Å². The lowest BCUT2D eigenvalue weighted by Crippen LogP contribution is -2.21. The minimum absolute atomic E-state index is 0.258. The molecule has 0 atom stereocenters. The first kappa shape index (κ1) is 17.7. The predicted molar refractivity (Wildman–Crippen MR) is 71.4 cm³/mol. The van der Waals surface area contributed by atoms with E-state index in [9.17, 15) is 17.1 Å². The van der Waals surface area contributed by atoms with Crippen LogP contribution in [0.25, 0.3) is 6.08 Å². The highest BCUT2D eigenvalue weighted by atomic mass is 35.5. The number of benzene rings is 1. The fraction of sp³-hybridized carbons (Fsp3) is 0.273. The van der Waals surface area contributed by atoms with Gasteiger partial charge in [-0.2, -0.15) is 21.6 Å². The van der Waals surface area contributed by atoms with E-state index >= 15 is 0 Å². The summed E-state index contributed by atoms with van der Waals surface area (Å²) in [6.45, 7) is 0.603. The third-order valence-corrected chi connectivity index (χ3v) is 2.82. The molecule has 0 bridgehead atoms. The molecule has 1 aromatic rings. The van der Waals surface area contributed by atoms with Gasteiger partial charge in [0.05, 0.1) is 10.6 Å². The van der Waals surface area contributed by atoms with Gasteiger partial charge >= 0.3 is 16.7 Å². The Morgan fingerprint density at radius 1 is 1.33 bits per heavy atom. The first-order valence-electron chi connectivity index (χ1n) is 5.35. The summed E-state index contributed by atoms with van der Waals surface area (Å²) in [5, 5.41) is -0.258. The van der Waals surface area contributed by atoms with Gasteiger partial charge in [0.15, 0.2) is 0 Å². The number of nitrogens with zero attached hydrogens (tertiary/aromatic N) is 1. The summed E-state index contributed by atoms with van der Waals surface area (Å²) in [6.07, 6.45) is -0.749. The number of halogens is 5. The Balaban J connectivity index is 0.000000383. The molecule has 1 N–H and O–H groups in total. The fourth-order valence-corrected chi connectivity index (χ4v) is 1.97. The van der Waals surface area contributed by atoms with Crippen LogP contribution in [0.3, 0.4) is 0 Å². The molecule has 0 amide bonds. The summed E-state index contributed by atoms with van der Waals surface area (Å²) >= 11 is 5.62. The number of likely N-dealkylation sites (N-methyl/N-ethyl adjacent to an activating group) is 1. The average Bonchev–Trinajstić information content (AvgIpc) is 2.24. The van der Waals surface area contributed by atoms with Crippen molar-refractivity contribution in [2.24, 2.45) is 0 Å². The second kappa shape index (κ2) is 6.20. The lowest BCUT2D eigenvalue weighted by Gasteiger charge is -2.25. The van der Waals surface area contributed by atoms with E-state index in [0.29, 0.717) is 17.8 Å². The van der Waals surface area contributed by atoms with Gasteiger partial charge in [0.2, 0.25) is 0 Å². The number of rotatable bonds is 0. The predicted octanol–water partition coefficient (Wildman–Crippen LogP) is 3.58. The summed E-state index contributed by atoms with van der Waals surface area (Å²) in [4.78, 5) is 1.75. The molecule has 4 nitrogen and oxygen atoms in total. The summed E-state index contributed by atoms with van der Waals surface area (Å²) < 4.78 is 72.0. The molecule has 0 aliphatic carbocycles. The standard InChI is InChI=1S/C11H9ClF3N.FHO3S/c1-16-4-2-3-7-5-9(12)8(6-10(7)16)11(13,14)15;1-5(2,3)4/h2-3,5-6H,4H2,1H3;(H,2,3,4). The zero-order valence-corrected chi connectivity index (χ0v) is 12.1. The van der Waals surface area contributed by atoms with E-state index in [1.54, 1.807) is 18.0 Å². The zero-order chi connectivity index (χ0) is 16.4. The molecule has 0 radical (unpaired) electrons. The van der Waals surface area contributed by atoms with E-state index in [1.807, 2.05) is 6.08 Å². The maximum Gasteiger partial charge on any atom is 0.435 e. The number of hydrogen-bond acceptors (Lipinski definition) is 3. The topological polar surface area (TPSA) is 57.6 Å². The summed E-state index contributed by atoms with van der Waals surface area (Å²) in [5.41, 5.74) is 0.487. The van der Waals surface area contributed by atoms with Crippen molar-refractivity contribution in [3.05, 3.63) is 34.4 Å². The van der Waals surface area contributed by atoms with E-state index in [2.05, 4.69) is 0 Å². The van der Waals surface area contributed by atoms with Crippen molar-refractivity contribution >= 4 is 33.9 Å². The van der Waals surface area contributed by atoms with Gasteiger partial charge in [-0.05, 0) is 17.7 Å². The largest absolute Gasteiger partial charge is 0.435 e. The molecule has 118 valence electrons. The van der Waals surface area contributed by atoms with Crippen LogP contribution in [0, 0.1) is 0 Å². The molecule has 1 aromatic carbocycles. The van der Waals surface area contributed by atoms with Gasteiger partial charge < -0.3 is 4.90 Å². The van der Waals surface area contributed by atoms with Crippen LogP contribution >= 0.6 is 11.6 Å². The Hall–Kier alpha value is -1.32. The monoisotopic (exact) mass is 347 g/mol. The summed E-state index contributed by atoms with van der Waals surface area (Å²) in [5.74, 6) is 0. The molecule has 0 aromatic heterocycles. The van der Waals surface area contributed by atoms with E-state index < -0.39 is 22.2 Å².